The fourth-order valence-electron chi connectivity index (χ4n) is 2.78. The molecule has 0 amide bonds. The molecule has 1 saturated heterocycles. The Bertz CT molecular complexity index is 531. The van der Waals surface area contributed by atoms with Gasteiger partial charge < -0.3 is 10.2 Å². The fraction of sp³-hybridized carbons (Fsp3) is 0.571. The molecule has 0 unspecified atom stereocenters. The third kappa shape index (κ3) is 2.72. The maximum atomic E-state index is 4.50. The highest BCUT2D eigenvalue weighted by atomic mass is 32.1. The van der Waals surface area contributed by atoms with Crippen LogP contribution in [0, 0.1) is 5.92 Å². The molecule has 0 saturated carbocycles. The highest BCUT2D eigenvalue weighted by molar-refractivity contribution is 7.17. The summed E-state index contributed by atoms with van der Waals surface area (Å²) in [5.74, 6) is 2.00. The highest BCUT2D eigenvalue weighted by Gasteiger charge is 2.21. The van der Waals surface area contributed by atoms with Crippen LogP contribution in [0.2, 0.25) is 0 Å². The molecule has 5 heteroatoms. The van der Waals surface area contributed by atoms with E-state index in [2.05, 4.69) is 31.6 Å². The van der Waals surface area contributed by atoms with Crippen LogP contribution < -0.4 is 10.2 Å². The molecule has 1 aliphatic rings. The Kier molecular flexibility index (Phi) is 3.94. The summed E-state index contributed by atoms with van der Waals surface area (Å²) in [6.07, 6.45) is 5.54. The maximum Gasteiger partial charge on any atom is 0.150 e. The minimum atomic E-state index is 0.865. The van der Waals surface area contributed by atoms with Crippen LogP contribution in [0.25, 0.3) is 10.2 Å². The molecule has 0 atom stereocenters. The molecule has 1 N–H and O–H groups in total. The predicted octanol–water partition coefficient (Wildman–Crippen LogP) is 2.52. The first-order valence-corrected chi connectivity index (χ1v) is 7.84. The van der Waals surface area contributed by atoms with E-state index < -0.39 is 0 Å². The summed E-state index contributed by atoms with van der Waals surface area (Å²) in [5.41, 5.74) is 1.08. The molecule has 102 valence electrons. The van der Waals surface area contributed by atoms with E-state index in [0.717, 1.165) is 36.9 Å². The lowest BCUT2D eigenvalue weighted by molar-refractivity contribution is 0.377. The number of aromatic nitrogens is 2. The monoisotopic (exact) mass is 276 g/mol. The van der Waals surface area contributed by atoms with Crippen molar-refractivity contribution in [1.82, 2.24) is 15.3 Å². The Hall–Kier alpha value is -1.20. The van der Waals surface area contributed by atoms with Crippen molar-refractivity contribution in [2.24, 2.45) is 5.92 Å². The number of nitrogens with zero attached hydrogens (tertiary/aromatic N) is 3. The molecule has 1 fully saturated rings. The molecule has 3 heterocycles. The quantitative estimate of drug-likeness (QED) is 0.931. The molecule has 0 spiro atoms. The maximum absolute atomic E-state index is 4.50. The van der Waals surface area contributed by atoms with Gasteiger partial charge >= 0.3 is 0 Å². The van der Waals surface area contributed by atoms with E-state index in [1.807, 2.05) is 7.05 Å². The van der Waals surface area contributed by atoms with Crippen LogP contribution in [0.3, 0.4) is 0 Å². The normalized spacial score (nSPS) is 17.2. The third-order valence-electron chi connectivity index (χ3n) is 3.94. The van der Waals surface area contributed by atoms with Gasteiger partial charge in [0.25, 0.3) is 0 Å². The van der Waals surface area contributed by atoms with Crippen LogP contribution in [0.1, 0.15) is 19.3 Å². The van der Waals surface area contributed by atoms with Crippen LogP contribution in [-0.4, -0.2) is 36.6 Å². The Labute approximate surface area is 117 Å². The molecule has 2 aromatic heterocycles. The van der Waals surface area contributed by atoms with Gasteiger partial charge in [0.1, 0.15) is 12.1 Å². The fourth-order valence-corrected chi connectivity index (χ4v) is 3.64. The summed E-state index contributed by atoms with van der Waals surface area (Å²) in [7, 11) is 2.03. The average molecular weight is 276 g/mol. The first kappa shape index (κ1) is 12.8. The van der Waals surface area contributed by atoms with Crippen LogP contribution in [-0.2, 0) is 0 Å². The number of hydrogen-bond donors (Lipinski definition) is 1. The SMILES string of the molecule is CNCCC1CCN(c2ncnc3ccsc23)CC1. The summed E-state index contributed by atoms with van der Waals surface area (Å²) in [6, 6.07) is 2.07. The number of nitrogens with one attached hydrogen (secondary N) is 1. The summed E-state index contributed by atoms with van der Waals surface area (Å²) in [5, 5.41) is 5.35. The van der Waals surface area contributed by atoms with Crippen molar-refractivity contribution in [2.45, 2.75) is 19.3 Å². The number of fused-ring (bicyclic) bond motifs is 1. The summed E-state index contributed by atoms with van der Waals surface area (Å²) in [6.45, 7) is 3.38. The van der Waals surface area contributed by atoms with Crippen molar-refractivity contribution in [3.63, 3.8) is 0 Å². The van der Waals surface area contributed by atoms with Gasteiger partial charge in [0, 0.05) is 13.1 Å². The number of piperidine rings is 1. The van der Waals surface area contributed by atoms with E-state index in [9.17, 15) is 0 Å². The van der Waals surface area contributed by atoms with Gasteiger partial charge in [-0.1, -0.05) is 0 Å². The lowest BCUT2D eigenvalue weighted by Gasteiger charge is -2.32. The van der Waals surface area contributed by atoms with Crippen LogP contribution in [0.5, 0.6) is 0 Å². The van der Waals surface area contributed by atoms with Crippen LogP contribution in [0.4, 0.5) is 5.82 Å². The van der Waals surface area contributed by atoms with Crippen molar-refractivity contribution >= 4 is 27.4 Å². The molecule has 2 aromatic rings. The molecule has 0 radical (unpaired) electrons. The van der Waals surface area contributed by atoms with Gasteiger partial charge in [-0.05, 0) is 50.2 Å². The van der Waals surface area contributed by atoms with Crippen molar-refractivity contribution < 1.29 is 0 Å². The van der Waals surface area contributed by atoms with E-state index >= 15 is 0 Å². The Morgan fingerprint density at radius 2 is 2.21 bits per heavy atom. The van der Waals surface area contributed by atoms with Crippen molar-refractivity contribution in [3.05, 3.63) is 17.8 Å². The van der Waals surface area contributed by atoms with Crippen molar-refractivity contribution in [3.8, 4) is 0 Å². The lowest BCUT2D eigenvalue weighted by atomic mass is 9.93. The second-order valence-electron chi connectivity index (χ2n) is 5.15. The van der Waals surface area contributed by atoms with Crippen LogP contribution in [0.15, 0.2) is 17.8 Å². The molecular weight excluding hydrogens is 256 g/mol. The van der Waals surface area contributed by atoms with Crippen LogP contribution >= 0.6 is 11.3 Å². The molecule has 3 rings (SSSR count). The standard InChI is InChI=1S/C14H20N4S/c1-15-6-2-11-3-7-18(8-4-11)14-13-12(5-9-19-13)16-10-17-14/h5,9-11,15H,2-4,6-8H2,1H3. The zero-order valence-corrected chi connectivity index (χ0v) is 12.1. The second kappa shape index (κ2) is 5.84. The molecule has 1 aliphatic heterocycles. The topological polar surface area (TPSA) is 41.0 Å². The smallest absolute Gasteiger partial charge is 0.150 e. The lowest BCUT2D eigenvalue weighted by Crippen LogP contribution is -2.35. The summed E-state index contributed by atoms with van der Waals surface area (Å²) in [4.78, 5) is 11.2. The number of rotatable bonds is 4. The van der Waals surface area contributed by atoms with E-state index in [4.69, 9.17) is 0 Å². The van der Waals surface area contributed by atoms with Crippen molar-refractivity contribution in [1.29, 1.82) is 0 Å². The van der Waals surface area contributed by atoms with Crippen molar-refractivity contribution in [2.75, 3.05) is 31.6 Å². The van der Waals surface area contributed by atoms with E-state index in [-0.39, 0.29) is 0 Å². The van der Waals surface area contributed by atoms with Gasteiger partial charge in [0.15, 0.2) is 0 Å². The minimum absolute atomic E-state index is 0.865. The zero-order chi connectivity index (χ0) is 13.1. The van der Waals surface area contributed by atoms with Gasteiger partial charge in [-0.25, -0.2) is 9.97 Å². The van der Waals surface area contributed by atoms with Gasteiger partial charge in [-0.3, -0.25) is 0 Å². The molecular formula is C14H20N4S. The minimum Gasteiger partial charge on any atom is -0.355 e. The first-order chi connectivity index (χ1) is 9.38. The largest absolute Gasteiger partial charge is 0.355 e. The number of thiophene rings is 1. The van der Waals surface area contributed by atoms with Gasteiger partial charge in [0.2, 0.25) is 0 Å². The average Bonchev–Trinajstić information content (AvgIpc) is 2.94. The Morgan fingerprint density at radius 1 is 1.37 bits per heavy atom. The highest BCUT2D eigenvalue weighted by Crippen LogP contribution is 2.31. The first-order valence-electron chi connectivity index (χ1n) is 6.96. The molecule has 19 heavy (non-hydrogen) atoms. The number of anilines is 1. The summed E-state index contributed by atoms with van der Waals surface area (Å²) < 4.78 is 1.23. The Morgan fingerprint density at radius 3 is 3.00 bits per heavy atom. The van der Waals surface area contributed by atoms with E-state index in [1.54, 1.807) is 17.7 Å². The second-order valence-corrected chi connectivity index (χ2v) is 6.07. The molecule has 0 aliphatic carbocycles. The van der Waals surface area contributed by atoms with Gasteiger partial charge in [-0.15, -0.1) is 11.3 Å². The number of hydrogen-bond acceptors (Lipinski definition) is 5. The third-order valence-corrected chi connectivity index (χ3v) is 4.84. The molecule has 4 nitrogen and oxygen atoms in total. The van der Waals surface area contributed by atoms with E-state index in [0.29, 0.717) is 0 Å². The molecule has 0 bridgehead atoms. The Balaban J connectivity index is 1.69. The summed E-state index contributed by atoms with van der Waals surface area (Å²) >= 11 is 1.75. The van der Waals surface area contributed by atoms with Gasteiger partial charge in [0.05, 0.1) is 10.2 Å². The van der Waals surface area contributed by atoms with E-state index in [1.165, 1.54) is 24.0 Å². The predicted molar refractivity (Wildman–Crippen MR) is 80.9 cm³/mol. The molecule has 0 aromatic carbocycles. The van der Waals surface area contributed by atoms with Gasteiger partial charge in [-0.2, -0.15) is 0 Å². The zero-order valence-electron chi connectivity index (χ0n) is 11.3.